The molecule has 1 fully saturated rings. The van der Waals surface area contributed by atoms with Gasteiger partial charge in [-0.15, -0.1) is 0 Å². The Balaban J connectivity index is 2.02. The van der Waals surface area contributed by atoms with Crippen LogP contribution in [0, 0.1) is 6.92 Å². The predicted molar refractivity (Wildman–Crippen MR) is 65.0 cm³/mol. The van der Waals surface area contributed by atoms with Gasteiger partial charge in [0.2, 0.25) is 0 Å². The third-order valence-corrected chi connectivity index (χ3v) is 2.94. The maximum absolute atomic E-state index is 11.0. The fraction of sp³-hybridized carbons (Fsp3) is 0.538. The largest absolute Gasteiger partial charge is 0.488 e. The van der Waals surface area contributed by atoms with Gasteiger partial charge in [-0.05, 0) is 38.8 Å². The number of ether oxygens (including phenoxy) is 2. The molecule has 5 nitrogen and oxygen atoms in total. The van der Waals surface area contributed by atoms with Crippen LogP contribution in [0.25, 0.3) is 0 Å². The first-order chi connectivity index (χ1) is 8.56. The van der Waals surface area contributed by atoms with E-state index in [9.17, 15) is 4.79 Å². The highest BCUT2D eigenvalue weighted by Gasteiger charge is 2.23. The van der Waals surface area contributed by atoms with E-state index < -0.39 is 5.97 Å². The van der Waals surface area contributed by atoms with Crippen molar-refractivity contribution < 1.29 is 19.4 Å². The van der Waals surface area contributed by atoms with E-state index in [0.717, 1.165) is 12.8 Å². The Morgan fingerprint density at radius 3 is 2.94 bits per heavy atom. The number of aromatic nitrogens is 1. The van der Waals surface area contributed by atoms with E-state index in [1.807, 2.05) is 6.92 Å². The zero-order chi connectivity index (χ0) is 13.1. The highest BCUT2D eigenvalue weighted by molar-refractivity contribution is 5.88. The van der Waals surface area contributed by atoms with Crippen molar-refractivity contribution in [1.29, 1.82) is 0 Å². The van der Waals surface area contributed by atoms with Crippen molar-refractivity contribution >= 4 is 5.97 Å². The summed E-state index contributed by atoms with van der Waals surface area (Å²) in [7, 11) is 0. The van der Waals surface area contributed by atoms with Crippen LogP contribution in [0.4, 0.5) is 0 Å². The Kier molecular flexibility index (Phi) is 3.81. The molecule has 0 amide bonds. The molecule has 1 N–H and O–H groups in total. The lowest BCUT2D eigenvalue weighted by atomic mass is 10.2. The molecule has 2 unspecified atom stereocenters. The molecular weight excluding hydrogens is 234 g/mol. The molecule has 1 aliphatic rings. The van der Waals surface area contributed by atoms with Crippen LogP contribution >= 0.6 is 0 Å². The predicted octanol–water partition coefficient (Wildman–Crippen LogP) is 2.03. The fourth-order valence-electron chi connectivity index (χ4n) is 2.00. The van der Waals surface area contributed by atoms with Gasteiger partial charge >= 0.3 is 5.97 Å². The number of rotatable bonds is 4. The molecule has 2 heterocycles. The number of carbonyl (C=O) groups is 1. The van der Waals surface area contributed by atoms with Crippen molar-refractivity contribution in [2.24, 2.45) is 0 Å². The van der Waals surface area contributed by atoms with Gasteiger partial charge in [-0.1, -0.05) is 0 Å². The van der Waals surface area contributed by atoms with E-state index in [-0.39, 0.29) is 17.9 Å². The van der Waals surface area contributed by atoms with Gasteiger partial charge in [0.1, 0.15) is 6.61 Å². The zero-order valence-electron chi connectivity index (χ0n) is 10.5. The molecule has 2 rings (SSSR count). The summed E-state index contributed by atoms with van der Waals surface area (Å²) in [6.07, 6.45) is 2.27. The molecule has 1 saturated heterocycles. The third-order valence-electron chi connectivity index (χ3n) is 2.94. The van der Waals surface area contributed by atoms with E-state index >= 15 is 0 Å². The summed E-state index contributed by atoms with van der Waals surface area (Å²) < 4.78 is 11.1. The van der Waals surface area contributed by atoms with Gasteiger partial charge in [0, 0.05) is 5.69 Å². The number of aromatic carboxylic acids is 1. The monoisotopic (exact) mass is 251 g/mol. The molecule has 0 saturated carbocycles. The highest BCUT2D eigenvalue weighted by atomic mass is 16.5. The first kappa shape index (κ1) is 12.8. The van der Waals surface area contributed by atoms with Crippen LogP contribution < -0.4 is 4.74 Å². The number of pyridine rings is 1. The Labute approximate surface area is 106 Å². The molecule has 1 aromatic rings. The highest BCUT2D eigenvalue weighted by Crippen LogP contribution is 2.22. The maximum Gasteiger partial charge on any atom is 0.358 e. The second kappa shape index (κ2) is 5.35. The molecule has 2 atom stereocenters. The first-order valence-electron chi connectivity index (χ1n) is 6.05. The summed E-state index contributed by atoms with van der Waals surface area (Å²) in [5, 5.41) is 9.05. The number of hydrogen-bond donors (Lipinski definition) is 1. The summed E-state index contributed by atoms with van der Waals surface area (Å²) >= 11 is 0. The normalized spacial score (nSPS) is 23.0. The smallest absolute Gasteiger partial charge is 0.358 e. The van der Waals surface area contributed by atoms with Crippen LogP contribution in [0.5, 0.6) is 5.75 Å². The van der Waals surface area contributed by atoms with E-state index in [1.165, 1.54) is 0 Å². The Morgan fingerprint density at radius 1 is 1.56 bits per heavy atom. The van der Waals surface area contributed by atoms with Crippen LogP contribution in [-0.2, 0) is 4.74 Å². The van der Waals surface area contributed by atoms with Crippen molar-refractivity contribution in [3.63, 3.8) is 0 Å². The third kappa shape index (κ3) is 2.98. The summed E-state index contributed by atoms with van der Waals surface area (Å²) in [5.41, 5.74) is 0.617. The van der Waals surface area contributed by atoms with Crippen LogP contribution in [0.2, 0.25) is 0 Å². The van der Waals surface area contributed by atoms with Crippen molar-refractivity contribution in [2.75, 3.05) is 6.61 Å². The lowest BCUT2D eigenvalue weighted by Crippen LogP contribution is -2.19. The summed E-state index contributed by atoms with van der Waals surface area (Å²) in [5.74, 6) is -0.773. The molecule has 18 heavy (non-hydrogen) atoms. The van der Waals surface area contributed by atoms with Crippen LogP contribution in [0.3, 0.4) is 0 Å². The summed E-state index contributed by atoms with van der Waals surface area (Å²) in [6.45, 7) is 4.14. The number of nitrogens with zero attached hydrogens (tertiary/aromatic N) is 1. The van der Waals surface area contributed by atoms with Crippen molar-refractivity contribution in [2.45, 2.75) is 38.9 Å². The molecule has 0 aromatic carbocycles. The van der Waals surface area contributed by atoms with Gasteiger partial charge in [0.05, 0.1) is 12.2 Å². The number of hydrogen-bond acceptors (Lipinski definition) is 4. The van der Waals surface area contributed by atoms with Gasteiger partial charge in [-0.2, -0.15) is 0 Å². The van der Waals surface area contributed by atoms with E-state index in [2.05, 4.69) is 4.98 Å². The van der Waals surface area contributed by atoms with Gasteiger partial charge < -0.3 is 14.6 Å². The van der Waals surface area contributed by atoms with Crippen LogP contribution in [-0.4, -0.2) is 34.9 Å². The van der Waals surface area contributed by atoms with Gasteiger partial charge in [0.15, 0.2) is 11.4 Å². The van der Waals surface area contributed by atoms with Crippen molar-refractivity contribution in [3.8, 4) is 5.75 Å². The molecule has 0 bridgehead atoms. The zero-order valence-corrected chi connectivity index (χ0v) is 10.5. The van der Waals surface area contributed by atoms with Crippen LogP contribution in [0.1, 0.15) is 35.9 Å². The molecule has 0 aliphatic carbocycles. The molecule has 0 radical (unpaired) electrons. The topological polar surface area (TPSA) is 68.7 Å². The minimum Gasteiger partial charge on any atom is -0.488 e. The lowest BCUT2D eigenvalue weighted by molar-refractivity contribution is 0.0257. The van der Waals surface area contributed by atoms with Gasteiger partial charge in [0.25, 0.3) is 0 Å². The minimum absolute atomic E-state index is 0.0407. The van der Waals surface area contributed by atoms with E-state index in [0.29, 0.717) is 18.1 Å². The average molecular weight is 251 g/mol. The second-order valence-electron chi connectivity index (χ2n) is 4.56. The van der Waals surface area contributed by atoms with E-state index in [4.69, 9.17) is 14.6 Å². The van der Waals surface area contributed by atoms with Gasteiger partial charge in [-0.25, -0.2) is 9.78 Å². The maximum atomic E-state index is 11.0. The fourth-order valence-corrected chi connectivity index (χ4v) is 2.00. The SMILES string of the molecule is Cc1ccc(OCC2CCC(C)O2)c(C(=O)O)n1. The van der Waals surface area contributed by atoms with Crippen molar-refractivity contribution in [1.82, 2.24) is 4.98 Å². The van der Waals surface area contributed by atoms with Crippen LogP contribution in [0.15, 0.2) is 12.1 Å². The Morgan fingerprint density at radius 2 is 2.33 bits per heavy atom. The first-order valence-corrected chi connectivity index (χ1v) is 6.05. The standard InChI is InChI=1S/C13H17NO4/c1-8-3-6-11(12(14-8)13(15)16)17-7-10-5-4-9(2)18-10/h3,6,9-10H,4-5,7H2,1-2H3,(H,15,16). The average Bonchev–Trinajstić information content (AvgIpc) is 2.73. The number of carboxylic acids is 1. The Bertz CT molecular complexity index is 447. The van der Waals surface area contributed by atoms with E-state index in [1.54, 1.807) is 19.1 Å². The minimum atomic E-state index is -1.07. The molecule has 1 aliphatic heterocycles. The summed E-state index contributed by atoms with van der Waals surface area (Å²) in [6, 6.07) is 3.38. The number of aryl methyl sites for hydroxylation is 1. The molecule has 98 valence electrons. The van der Waals surface area contributed by atoms with Gasteiger partial charge in [-0.3, -0.25) is 0 Å². The molecular formula is C13H17NO4. The lowest BCUT2D eigenvalue weighted by Gasteiger charge is -2.13. The number of carboxylic acid groups (broad SMARTS) is 1. The second-order valence-corrected chi connectivity index (χ2v) is 4.56. The molecule has 1 aromatic heterocycles. The molecule has 5 heteroatoms. The quantitative estimate of drug-likeness (QED) is 0.886. The summed E-state index contributed by atoms with van der Waals surface area (Å²) in [4.78, 5) is 15.0. The van der Waals surface area contributed by atoms with Crippen molar-refractivity contribution in [3.05, 3.63) is 23.5 Å². The Hall–Kier alpha value is -1.62. The molecule has 0 spiro atoms.